The van der Waals surface area contributed by atoms with Crippen molar-refractivity contribution < 1.29 is 17.8 Å². The number of allylic oxidation sites excluding steroid dienone is 1. The number of aryl methyl sites for hydroxylation is 1. The second-order valence-corrected chi connectivity index (χ2v) is 7.22. The number of sulfone groups is 1. The fourth-order valence-corrected chi connectivity index (χ4v) is 3.77. The first-order valence-corrected chi connectivity index (χ1v) is 8.05. The fourth-order valence-electron chi connectivity index (χ4n) is 2.09. The molecule has 0 radical (unpaired) electrons. The Bertz CT molecular complexity index is 931. The summed E-state index contributed by atoms with van der Waals surface area (Å²) >= 11 is 6.19. The van der Waals surface area contributed by atoms with E-state index in [1.807, 2.05) is 0 Å². The third kappa shape index (κ3) is 2.11. The quantitative estimate of drug-likeness (QED) is 0.901. The van der Waals surface area contributed by atoms with Crippen LogP contribution in [0.1, 0.15) is 28.5 Å². The van der Waals surface area contributed by atoms with Crippen LogP contribution < -0.4 is 5.32 Å². The van der Waals surface area contributed by atoms with E-state index < -0.39 is 15.7 Å². The van der Waals surface area contributed by atoms with Gasteiger partial charge in [0.05, 0.1) is 15.5 Å². The molecule has 1 aliphatic heterocycles. The Kier molecular flexibility index (Phi) is 3.30. The number of rotatable bonds is 2. The molecule has 0 spiro atoms. The Morgan fingerprint density at radius 3 is 2.64 bits per heavy atom. The van der Waals surface area contributed by atoms with Crippen molar-refractivity contribution in [3.05, 3.63) is 38.9 Å². The molecular formula is C13H10ClN3O4S. The maximum Gasteiger partial charge on any atom is 0.258 e. The number of nitrogens with one attached hydrogen (secondary N) is 1. The number of hydrogen-bond acceptors (Lipinski definition) is 6. The summed E-state index contributed by atoms with van der Waals surface area (Å²) in [5, 5.41) is 9.68. The molecule has 1 N–H and O–H groups in total. The average Bonchev–Trinajstić information content (AvgIpc) is 2.94. The van der Waals surface area contributed by atoms with E-state index in [-0.39, 0.29) is 26.2 Å². The van der Waals surface area contributed by atoms with Gasteiger partial charge in [0.2, 0.25) is 15.7 Å². The Morgan fingerprint density at radius 2 is 2.00 bits per heavy atom. The smallest absolute Gasteiger partial charge is 0.258 e. The lowest BCUT2D eigenvalue weighted by Gasteiger charge is -2.08. The molecule has 1 aromatic heterocycles. The molecule has 0 atom stereocenters. The minimum atomic E-state index is -3.50. The average molecular weight is 340 g/mol. The second-order valence-electron chi connectivity index (χ2n) is 4.75. The van der Waals surface area contributed by atoms with E-state index in [2.05, 4.69) is 20.3 Å². The maximum absolute atomic E-state index is 12.3. The molecule has 7 nitrogen and oxygen atoms in total. The number of aromatic nitrogens is 2. The lowest BCUT2D eigenvalue weighted by molar-refractivity contribution is 0.102. The van der Waals surface area contributed by atoms with E-state index in [1.165, 1.54) is 25.1 Å². The standard InChI is InChI=1S/C13H10ClN3O4S/c1-6-5-9-10(22(6,19)20)4-3-8(11(9)14)13(18)15-12-7(2)16-21-17-12/h3-5H,1-2H3,(H,15,17,18). The highest BCUT2D eigenvalue weighted by atomic mass is 35.5. The van der Waals surface area contributed by atoms with Gasteiger partial charge in [0.15, 0.2) is 0 Å². The highest BCUT2D eigenvalue weighted by Gasteiger charge is 2.30. The van der Waals surface area contributed by atoms with Crippen LogP contribution in [0.4, 0.5) is 5.82 Å². The zero-order chi connectivity index (χ0) is 16.1. The summed E-state index contributed by atoms with van der Waals surface area (Å²) in [5.41, 5.74) is 0.884. The fraction of sp³-hybridized carbons (Fsp3) is 0.154. The SMILES string of the molecule is CC1=Cc2c(ccc(C(=O)Nc3nonc3C)c2Cl)S1(=O)=O. The van der Waals surface area contributed by atoms with E-state index in [1.54, 1.807) is 6.92 Å². The summed E-state index contributed by atoms with van der Waals surface area (Å²) in [6.07, 6.45) is 1.45. The van der Waals surface area contributed by atoms with Crippen molar-refractivity contribution in [3.8, 4) is 0 Å². The van der Waals surface area contributed by atoms with Gasteiger partial charge in [0.25, 0.3) is 5.91 Å². The van der Waals surface area contributed by atoms with Crippen molar-refractivity contribution in [2.75, 3.05) is 5.32 Å². The van der Waals surface area contributed by atoms with Crippen molar-refractivity contribution >= 4 is 39.2 Å². The predicted molar refractivity (Wildman–Crippen MR) is 79.3 cm³/mol. The van der Waals surface area contributed by atoms with Gasteiger partial charge in [-0.1, -0.05) is 16.8 Å². The van der Waals surface area contributed by atoms with Gasteiger partial charge in [-0.05, 0) is 37.2 Å². The molecule has 0 unspecified atom stereocenters. The van der Waals surface area contributed by atoms with Gasteiger partial charge >= 0.3 is 0 Å². The summed E-state index contributed by atoms with van der Waals surface area (Å²) in [7, 11) is -3.50. The van der Waals surface area contributed by atoms with Crippen molar-refractivity contribution in [2.45, 2.75) is 18.7 Å². The third-order valence-corrected chi connectivity index (χ3v) is 5.64. The molecule has 9 heteroatoms. The molecule has 2 heterocycles. The van der Waals surface area contributed by atoms with Crippen molar-refractivity contribution in [3.63, 3.8) is 0 Å². The third-order valence-electron chi connectivity index (χ3n) is 3.33. The van der Waals surface area contributed by atoms with E-state index in [4.69, 9.17) is 11.6 Å². The summed E-state index contributed by atoms with van der Waals surface area (Å²) in [6, 6.07) is 2.73. The molecule has 1 aliphatic rings. The van der Waals surface area contributed by atoms with Crippen LogP contribution in [0.25, 0.3) is 6.08 Å². The van der Waals surface area contributed by atoms with Gasteiger partial charge in [0.1, 0.15) is 5.69 Å². The number of hydrogen-bond donors (Lipinski definition) is 1. The summed E-state index contributed by atoms with van der Waals surface area (Å²) in [4.78, 5) is 12.5. The topological polar surface area (TPSA) is 102 Å². The molecule has 22 heavy (non-hydrogen) atoms. The lowest BCUT2D eigenvalue weighted by atomic mass is 10.1. The van der Waals surface area contributed by atoms with Crippen molar-refractivity contribution in [2.24, 2.45) is 0 Å². The molecule has 0 bridgehead atoms. The number of amides is 1. The van der Waals surface area contributed by atoms with Crippen LogP contribution in [0.2, 0.25) is 5.02 Å². The van der Waals surface area contributed by atoms with Crippen LogP contribution in [-0.4, -0.2) is 24.6 Å². The molecular weight excluding hydrogens is 330 g/mol. The molecule has 1 aromatic carbocycles. The Labute approximate surface area is 130 Å². The van der Waals surface area contributed by atoms with Gasteiger partial charge < -0.3 is 5.32 Å². The summed E-state index contributed by atoms with van der Waals surface area (Å²) in [6.45, 7) is 3.10. The van der Waals surface area contributed by atoms with E-state index >= 15 is 0 Å². The van der Waals surface area contributed by atoms with Crippen LogP contribution in [0.3, 0.4) is 0 Å². The number of anilines is 1. The Morgan fingerprint density at radius 1 is 1.27 bits per heavy atom. The molecule has 0 saturated heterocycles. The number of benzene rings is 1. The lowest BCUT2D eigenvalue weighted by Crippen LogP contribution is -2.14. The molecule has 0 fully saturated rings. The first-order valence-electron chi connectivity index (χ1n) is 6.19. The van der Waals surface area contributed by atoms with Gasteiger partial charge in [-0.3, -0.25) is 4.79 Å². The van der Waals surface area contributed by atoms with Gasteiger partial charge in [-0.2, -0.15) is 0 Å². The zero-order valence-corrected chi connectivity index (χ0v) is 13.1. The van der Waals surface area contributed by atoms with Crippen molar-refractivity contribution in [1.82, 2.24) is 10.3 Å². The van der Waals surface area contributed by atoms with E-state index in [9.17, 15) is 13.2 Å². The molecule has 2 aromatic rings. The normalized spacial score (nSPS) is 15.3. The highest BCUT2D eigenvalue weighted by Crippen LogP contribution is 2.38. The Hall–Kier alpha value is -2.19. The van der Waals surface area contributed by atoms with Gasteiger partial charge in [-0.25, -0.2) is 13.0 Å². The summed E-state index contributed by atoms with van der Waals surface area (Å²) in [5.74, 6) is -0.345. The summed E-state index contributed by atoms with van der Waals surface area (Å²) < 4.78 is 28.6. The van der Waals surface area contributed by atoms with Crippen LogP contribution in [-0.2, 0) is 9.84 Å². The van der Waals surface area contributed by atoms with E-state index in [0.717, 1.165) is 0 Å². The zero-order valence-electron chi connectivity index (χ0n) is 11.5. The maximum atomic E-state index is 12.3. The van der Waals surface area contributed by atoms with Crippen LogP contribution >= 0.6 is 11.6 Å². The second kappa shape index (κ2) is 4.92. The number of carbonyl (C=O) groups excluding carboxylic acids is 1. The number of nitrogens with zero attached hydrogens (tertiary/aromatic N) is 2. The van der Waals surface area contributed by atoms with Crippen molar-refractivity contribution in [1.29, 1.82) is 0 Å². The van der Waals surface area contributed by atoms with E-state index in [0.29, 0.717) is 11.3 Å². The molecule has 0 aliphatic carbocycles. The predicted octanol–water partition coefficient (Wildman–Crippen LogP) is 2.43. The van der Waals surface area contributed by atoms with Gasteiger partial charge in [-0.15, -0.1) is 0 Å². The molecule has 3 rings (SSSR count). The Balaban J connectivity index is 2.03. The van der Waals surface area contributed by atoms with Gasteiger partial charge in [0, 0.05) is 10.5 Å². The first kappa shape index (κ1) is 14.7. The van der Waals surface area contributed by atoms with Crippen LogP contribution in [0, 0.1) is 6.92 Å². The minimum Gasteiger partial charge on any atom is -0.302 e. The highest BCUT2D eigenvalue weighted by molar-refractivity contribution is 7.95. The number of carbonyl (C=O) groups is 1. The minimum absolute atomic E-state index is 0.0736. The number of fused-ring (bicyclic) bond motifs is 1. The largest absolute Gasteiger partial charge is 0.302 e. The first-order chi connectivity index (χ1) is 10.3. The van der Waals surface area contributed by atoms with Crippen LogP contribution in [0.5, 0.6) is 0 Å². The molecule has 0 saturated carbocycles. The molecule has 1 amide bonds. The monoisotopic (exact) mass is 339 g/mol. The van der Waals surface area contributed by atoms with Crippen LogP contribution in [0.15, 0.2) is 26.6 Å². The number of halogens is 1. The molecule has 114 valence electrons.